The third-order valence-corrected chi connectivity index (χ3v) is 3.58. The maximum Gasteiger partial charge on any atom is 0.306 e. The normalized spacial score (nSPS) is 23.9. The van der Waals surface area contributed by atoms with Crippen LogP contribution >= 0.6 is 0 Å². The topological polar surface area (TPSA) is 58.6 Å². The lowest BCUT2D eigenvalue weighted by molar-refractivity contribution is -0.141. The number of ether oxygens (including phenoxy) is 1. The number of carbonyl (C=O) groups excluding carboxylic acids is 2. The van der Waals surface area contributed by atoms with E-state index in [4.69, 9.17) is 0 Å². The molecule has 1 N–H and O–H groups in total. The fourth-order valence-corrected chi connectivity index (χ4v) is 2.85. The summed E-state index contributed by atoms with van der Waals surface area (Å²) in [5.41, 5.74) is 0. The molecular formula is C14H26N2O3. The van der Waals surface area contributed by atoms with Gasteiger partial charge in [-0.25, -0.2) is 0 Å². The standard InChI is InChI=1S/C14H26N2O3/c1-4-5-12-8-13(15-11(2)17)10-16(9-12)7-6-14(18)19-3/h12-13H,4-10H2,1-3H3,(H,15,17). The number of nitrogens with zero attached hydrogens (tertiary/aromatic N) is 1. The Labute approximate surface area is 115 Å². The molecule has 1 amide bonds. The Bertz CT molecular complexity index is 307. The number of amides is 1. The highest BCUT2D eigenvalue weighted by molar-refractivity contribution is 5.73. The van der Waals surface area contributed by atoms with Gasteiger partial charge in [-0.2, -0.15) is 0 Å². The van der Waals surface area contributed by atoms with Crippen LogP contribution in [-0.4, -0.2) is 49.6 Å². The number of nitrogens with one attached hydrogen (secondary N) is 1. The van der Waals surface area contributed by atoms with Crippen LogP contribution in [0.4, 0.5) is 0 Å². The molecule has 1 saturated heterocycles. The number of likely N-dealkylation sites (tertiary alicyclic amines) is 1. The number of hydrogen-bond donors (Lipinski definition) is 1. The first-order valence-electron chi connectivity index (χ1n) is 7.11. The highest BCUT2D eigenvalue weighted by Crippen LogP contribution is 2.21. The number of hydrogen-bond acceptors (Lipinski definition) is 4. The Hall–Kier alpha value is -1.10. The summed E-state index contributed by atoms with van der Waals surface area (Å²) in [5.74, 6) is 0.456. The fraction of sp³-hybridized carbons (Fsp3) is 0.857. The quantitative estimate of drug-likeness (QED) is 0.736. The van der Waals surface area contributed by atoms with Crippen molar-refractivity contribution in [1.82, 2.24) is 10.2 Å². The van der Waals surface area contributed by atoms with Gasteiger partial charge in [0.2, 0.25) is 5.91 Å². The van der Waals surface area contributed by atoms with E-state index in [1.807, 2.05) is 0 Å². The Morgan fingerprint density at radius 3 is 2.68 bits per heavy atom. The molecule has 1 aliphatic heterocycles. The van der Waals surface area contributed by atoms with Gasteiger partial charge in [-0.15, -0.1) is 0 Å². The van der Waals surface area contributed by atoms with Crippen LogP contribution in [0.25, 0.3) is 0 Å². The van der Waals surface area contributed by atoms with Crippen LogP contribution in [0.5, 0.6) is 0 Å². The molecule has 0 saturated carbocycles. The van der Waals surface area contributed by atoms with Crippen molar-refractivity contribution in [3.63, 3.8) is 0 Å². The van der Waals surface area contributed by atoms with Gasteiger partial charge in [0.25, 0.3) is 0 Å². The number of piperidine rings is 1. The van der Waals surface area contributed by atoms with E-state index in [9.17, 15) is 9.59 Å². The van der Waals surface area contributed by atoms with Gasteiger partial charge in [-0.05, 0) is 18.8 Å². The molecule has 0 spiro atoms. The first-order valence-corrected chi connectivity index (χ1v) is 7.11. The molecule has 0 aromatic heterocycles. The van der Waals surface area contributed by atoms with Crippen molar-refractivity contribution >= 4 is 11.9 Å². The van der Waals surface area contributed by atoms with Gasteiger partial charge in [-0.3, -0.25) is 9.59 Å². The average Bonchev–Trinajstić information content (AvgIpc) is 2.35. The Morgan fingerprint density at radius 1 is 1.37 bits per heavy atom. The smallest absolute Gasteiger partial charge is 0.306 e. The van der Waals surface area contributed by atoms with E-state index in [0.717, 1.165) is 25.9 Å². The van der Waals surface area contributed by atoms with Crippen LogP contribution in [-0.2, 0) is 14.3 Å². The van der Waals surface area contributed by atoms with Gasteiger partial charge in [0, 0.05) is 32.6 Å². The zero-order valence-corrected chi connectivity index (χ0v) is 12.3. The summed E-state index contributed by atoms with van der Waals surface area (Å²) in [6.45, 7) is 6.30. The van der Waals surface area contributed by atoms with E-state index in [0.29, 0.717) is 18.9 Å². The highest BCUT2D eigenvalue weighted by Gasteiger charge is 2.27. The molecule has 5 nitrogen and oxygen atoms in total. The molecule has 1 aliphatic rings. The summed E-state index contributed by atoms with van der Waals surface area (Å²) < 4.78 is 4.67. The lowest BCUT2D eigenvalue weighted by atomic mass is 9.90. The minimum Gasteiger partial charge on any atom is -0.469 e. The van der Waals surface area contributed by atoms with Gasteiger partial charge in [-0.1, -0.05) is 13.3 Å². The summed E-state index contributed by atoms with van der Waals surface area (Å²) >= 11 is 0. The van der Waals surface area contributed by atoms with Crippen LogP contribution in [0.3, 0.4) is 0 Å². The van der Waals surface area contributed by atoms with E-state index >= 15 is 0 Å². The predicted octanol–water partition coefficient (Wildman–Crippen LogP) is 1.18. The third kappa shape index (κ3) is 6.05. The lowest BCUT2D eigenvalue weighted by Crippen LogP contribution is -2.50. The summed E-state index contributed by atoms with van der Waals surface area (Å²) in [5, 5.41) is 3.00. The molecule has 2 unspecified atom stereocenters. The number of esters is 1. The Balaban J connectivity index is 2.49. The van der Waals surface area contributed by atoms with E-state index in [2.05, 4.69) is 21.9 Å². The molecule has 0 bridgehead atoms. The van der Waals surface area contributed by atoms with Gasteiger partial charge >= 0.3 is 5.97 Å². The summed E-state index contributed by atoms with van der Waals surface area (Å²) in [4.78, 5) is 24.7. The maximum atomic E-state index is 11.2. The van der Waals surface area contributed by atoms with Crippen LogP contribution in [0.1, 0.15) is 39.5 Å². The van der Waals surface area contributed by atoms with E-state index in [-0.39, 0.29) is 17.9 Å². The third-order valence-electron chi connectivity index (χ3n) is 3.58. The molecule has 0 aromatic rings. The van der Waals surface area contributed by atoms with E-state index < -0.39 is 0 Å². The minimum absolute atomic E-state index is 0.0232. The molecule has 1 rings (SSSR count). The maximum absolute atomic E-state index is 11.2. The van der Waals surface area contributed by atoms with Crippen LogP contribution in [0, 0.1) is 5.92 Å². The minimum atomic E-state index is -0.173. The molecular weight excluding hydrogens is 244 g/mol. The number of methoxy groups -OCH3 is 1. The molecule has 0 aromatic carbocycles. The second kappa shape index (κ2) is 8.15. The second-order valence-corrected chi connectivity index (χ2v) is 5.37. The Kier molecular flexibility index (Phi) is 6.84. The summed E-state index contributed by atoms with van der Waals surface area (Å²) in [6.07, 6.45) is 3.79. The summed E-state index contributed by atoms with van der Waals surface area (Å²) in [6, 6.07) is 0.209. The number of rotatable bonds is 6. The highest BCUT2D eigenvalue weighted by atomic mass is 16.5. The molecule has 0 radical (unpaired) electrons. The largest absolute Gasteiger partial charge is 0.469 e. The zero-order chi connectivity index (χ0) is 14.3. The van der Waals surface area contributed by atoms with Crippen molar-refractivity contribution in [3.8, 4) is 0 Å². The van der Waals surface area contributed by atoms with Crippen LogP contribution < -0.4 is 5.32 Å². The second-order valence-electron chi connectivity index (χ2n) is 5.37. The van der Waals surface area contributed by atoms with Crippen molar-refractivity contribution in [2.75, 3.05) is 26.7 Å². The van der Waals surface area contributed by atoms with Crippen molar-refractivity contribution in [1.29, 1.82) is 0 Å². The van der Waals surface area contributed by atoms with E-state index in [1.165, 1.54) is 13.5 Å². The van der Waals surface area contributed by atoms with Gasteiger partial charge in [0.1, 0.15) is 0 Å². The Morgan fingerprint density at radius 2 is 2.11 bits per heavy atom. The van der Waals surface area contributed by atoms with Crippen LogP contribution in [0.2, 0.25) is 0 Å². The van der Waals surface area contributed by atoms with Crippen molar-refractivity contribution < 1.29 is 14.3 Å². The first-order chi connectivity index (χ1) is 9.05. The molecule has 5 heteroatoms. The van der Waals surface area contributed by atoms with Crippen molar-refractivity contribution in [2.24, 2.45) is 5.92 Å². The van der Waals surface area contributed by atoms with E-state index in [1.54, 1.807) is 6.92 Å². The van der Waals surface area contributed by atoms with Gasteiger partial charge in [0.15, 0.2) is 0 Å². The van der Waals surface area contributed by atoms with Gasteiger partial charge < -0.3 is 15.0 Å². The summed E-state index contributed by atoms with van der Waals surface area (Å²) in [7, 11) is 1.42. The number of carbonyl (C=O) groups is 2. The fourth-order valence-electron chi connectivity index (χ4n) is 2.85. The van der Waals surface area contributed by atoms with Crippen molar-refractivity contribution in [3.05, 3.63) is 0 Å². The first kappa shape index (κ1) is 16.0. The monoisotopic (exact) mass is 270 g/mol. The van der Waals surface area contributed by atoms with Crippen molar-refractivity contribution in [2.45, 2.75) is 45.6 Å². The van der Waals surface area contributed by atoms with Gasteiger partial charge in [0.05, 0.1) is 13.5 Å². The molecule has 1 fully saturated rings. The lowest BCUT2D eigenvalue weighted by Gasteiger charge is -2.38. The average molecular weight is 270 g/mol. The SMILES string of the molecule is CCCC1CC(NC(C)=O)CN(CCC(=O)OC)C1. The molecule has 110 valence electrons. The zero-order valence-electron chi connectivity index (χ0n) is 12.3. The molecule has 2 atom stereocenters. The molecule has 1 heterocycles. The predicted molar refractivity (Wildman–Crippen MR) is 73.7 cm³/mol. The molecule has 0 aliphatic carbocycles. The molecule has 19 heavy (non-hydrogen) atoms. The van der Waals surface area contributed by atoms with Crippen LogP contribution in [0.15, 0.2) is 0 Å².